The highest BCUT2D eigenvalue weighted by atomic mass is 32.1. The van der Waals surface area contributed by atoms with Crippen LogP contribution in [0.3, 0.4) is 0 Å². The number of piperazine rings is 1. The minimum absolute atomic E-state index is 0.166. The number of aromatic nitrogens is 1. The molecule has 0 radical (unpaired) electrons. The van der Waals surface area contributed by atoms with Gasteiger partial charge in [-0.3, -0.25) is 0 Å². The molecule has 0 saturated carbocycles. The highest BCUT2D eigenvalue weighted by molar-refractivity contribution is 7.16. The van der Waals surface area contributed by atoms with Crippen LogP contribution < -0.4 is 10.6 Å². The summed E-state index contributed by atoms with van der Waals surface area (Å²) in [6.07, 6.45) is 0.165. The van der Waals surface area contributed by atoms with Crippen molar-refractivity contribution in [3.63, 3.8) is 0 Å². The molecule has 1 unspecified atom stereocenters. The van der Waals surface area contributed by atoms with Crippen LogP contribution in [0.4, 0.5) is 16.4 Å². The summed E-state index contributed by atoms with van der Waals surface area (Å²) in [5, 5.41) is 20.1. The molecule has 0 spiro atoms. The van der Waals surface area contributed by atoms with E-state index in [2.05, 4.69) is 35.4 Å². The second-order valence-corrected chi connectivity index (χ2v) is 9.75. The number of nitrogens with one attached hydrogen (secondary N) is 2. The van der Waals surface area contributed by atoms with E-state index in [1.54, 1.807) is 11.3 Å². The number of hydrogen-bond donors (Lipinski definition) is 3. The number of thiazole rings is 1. The fourth-order valence-electron chi connectivity index (χ4n) is 4.26. The molecule has 0 bridgehead atoms. The van der Waals surface area contributed by atoms with Crippen LogP contribution in [0.5, 0.6) is 0 Å². The molecule has 2 aliphatic rings. The van der Waals surface area contributed by atoms with E-state index >= 15 is 0 Å². The second-order valence-electron chi connectivity index (χ2n) is 8.72. The number of benzene rings is 2. The van der Waals surface area contributed by atoms with E-state index in [4.69, 9.17) is 9.98 Å². The van der Waals surface area contributed by atoms with E-state index in [1.807, 2.05) is 48.5 Å². The van der Waals surface area contributed by atoms with Gasteiger partial charge in [0.15, 0.2) is 5.84 Å². The number of rotatable bonds is 4. The summed E-state index contributed by atoms with van der Waals surface area (Å²) in [4.78, 5) is 12.4. The van der Waals surface area contributed by atoms with Crippen molar-refractivity contribution in [2.45, 2.75) is 38.3 Å². The summed E-state index contributed by atoms with van der Waals surface area (Å²) in [5.41, 5.74) is 3.82. The standard InChI is InChI=1S/C25H29N5OS/c1-16(2)24-29-22-23(27-19-10-6-7-11-20(19)28-25(22)32-24)30-13-12-26-18(15-30)14-21(31)17-8-4-3-5-9-17/h3-11,16,18,21,26,28,31H,12-15H2,1-2H3/t18?,21-/m0/s1. The Balaban J connectivity index is 1.44. The molecule has 1 aromatic heterocycles. The van der Waals surface area contributed by atoms with Crippen molar-refractivity contribution >= 4 is 33.5 Å². The minimum Gasteiger partial charge on any atom is -0.388 e. The first kappa shape index (κ1) is 21.1. The fourth-order valence-corrected chi connectivity index (χ4v) is 5.24. The normalized spacial score (nSPS) is 18.9. The van der Waals surface area contributed by atoms with Crippen molar-refractivity contribution in [1.82, 2.24) is 15.2 Å². The molecule has 32 heavy (non-hydrogen) atoms. The first-order valence-electron chi connectivity index (χ1n) is 11.3. The van der Waals surface area contributed by atoms with Gasteiger partial charge in [0.2, 0.25) is 0 Å². The smallest absolute Gasteiger partial charge is 0.158 e. The highest BCUT2D eigenvalue weighted by Crippen LogP contribution is 2.39. The van der Waals surface area contributed by atoms with Crippen molar-refractivity contribution in [3.8, 4) is 0 Å². The van der Waals surface area contributed by atoms with Gasteiger partial charge in [-0.15, -0.1) is 11.3 Å². The molecule has 3 aromatic rings. The van der Waals surface area contributed by atoms with E-state index in [9.17, 15) is 5.11 Å². The molecular formula is C25H29N5OS. The van der Waals surface area contributed by atoms with Crippen LogP contribution in [0, 0.1) is 0 Å². The van der Waals surface area contributed by atoms with Crippen LogP contribution in [0.2, 0.25) is 0 Å². The van der Waals surface area contributed by atoms with Crippen molar-refractivity contribution < 1.29 is 5.11 Å². The summed E-state index contributed by atoms with van der Waals surface area (Å²) in [6.45, 7) is 6.83. The number of para-hydroxylation sites is 2. The molecule has 2 atom stereocenters. The van der Waals surface area contributed by atoms with Gasteiger partial charge in [0, 0.05) is 31.6 Å². The van der Waals surface area contributed by atoms with Gasteiger partial charge < -0.3 is 20.6 Å². The van der Waals surface area contributed by atoms with Crippen molar-refractivity contribution in [1.29, 1.82) is 0 Å². The Kier molecular flexibility index (Phi) is 5.95. The fraction of sp³-hybridized carbons (Fsp3) is 0.360. The number of nitrogens with zero attached hydrogens (tertiary/aromatic N) is 3. The van der Waals surface area contributed by atoms with Gasteiger partial charge in [-0.2, -0.15) is 0 Å². The molecule has 6 nitrogen and oxygen atoms in total. The molecule has 0 aliphatic carbocycles. The predicted octanol–water partition coefficient (Wildman–Crippen LogP) is 4.80. The molecule has 2 aliphatic heterocycles. The maximum Gasteiger partial charge on any atom is 0.158 e. The minimum atomic E-state index is -0.491. The monoisotopic (exact) mass is 447 g/mol. The van der Waals surface area contributed by atoms with Gasteiger partial charge in [-0.05, 0) is 24.1 Å². The quantitative estimate of drug-likeness (QED) is 0.536. The third-order valence-corrected chi connectivity index (χ3v) is 7.25. The zero-order valence-electron chi connectivity index (χ0n) is 18.5. The van der Waals surface area contributed by atoms with Crippen LogP contribution in [0.25, 0.3) is 0 Å². The van der Waals surface area contributed by atoms with E-state index < -0.39 is 6.10 Å². The van der Waals surface area contributed by atoms with E-state index in [-0.39, 0.29) is 6.04 Å². The number of fused-ring (bicyclic) bond motifs is 2. The number of amidine groups is 1. The predicted molar refractivity (Wildman–Crippen MR) is 132 cm³/mol. The Morgan fingerprint density at radius 1 is 1.12 bits per heavy atom. The maximum absolute atomic E-state index is 10.8. The summed E-state index contributed by atoms with van der Waals surface area (Å²) in [5.74, 6) is 1.28. The first-order chi connectivity index (χ1) is 15.6. The summed E-state index contributed by atoms with van der Waals surface area (Å²) >= 11 is 1.71. The lowest BCUT2D eigenvalue weighted by Gasteiger charge is -2.36. The van der Waals surface area contributed by atoms with E-state index in [1.165, 1.54) is 0 Å². The van der Waals surface area contributed by atoms with Gasteiger partial charge in [-0.25, -0.2) is 9.98 Å². The molecule has 2 aromatic carbocycles. The lowest BCUT2D eigenvalue weighted by molar-refractivity contribution is 0.136. The first-order valence-corrected chi connectivity index (χ1v) is 12.1. The van der Waals surface area contributed by atoms with Crippen molar-refractivity contribution in [3.05, 3.63) is 70.9 Å². The molecule has 1 fully saturated rings. The Morgan fingerprint density at radius 3 is 2.72 bits per heavy atom. The van der Waals surface area contributed by atoms with Gasteiger partial charge >= 0.3 is 0 Å². The largest absolute Gasteiger partial charge is 0.388 e. The zero-order valence-corrected chi connectivity index (χ0v) is 19.3. The SMILES string of the molecule is CC(C)c1nc2c(s1)Nc1ccccc1N=C2N1CCNC(C[C@H](O)c2ccccc2)C1. The summed E-state index contributed by atoms with van der Waals surface area (Å²) in [7, 11) is 0. The third kappa shape index (κ3) is 4.28. The Bertz CT molecular complexity index is 1110. The maximum atomic E-state index is 10.8. The van der Waals surface area contributed by atoms with E-state index in [0.29, 0.717) is 12.3 Å². The van der Waals surface area contributed by atoms with Gasteiger partial charge in [0.1, 0.15) is 10.7 Å². The third-order valence-electron chi connectivity index (χ3n) is 5.98. The second kappa shape index (κ2) is 9.02. The van der Waals surface area contributed by atoms with E-state index in [0.717, 1.165) is 58.1 Å². The molecule has 3 N–H and O–H groups in total. The molecule has 5 rings (SSSR count). The van der Waals surface area contributed by atoms with Crippen LogP contribution in [0.15, 0.2) is 59.6 Å². The van der Waals surface area contributed by atoms with Gasteiger partial charge in [0.05, 0.1) is 22.5 Å². The Labute approximate surface area is 193 Å². The number of aliphatic hydroxyl groups excluding tert-OH is 1. The molecule has 166 valence electrons. The summed E-state index contributed by atoms with van der Waals surface area (Å²) in [6, 6.07) is 18.2. The number of aliphatic hydroxyl groups is 1. The molecular weight excluding hydrogens is 418 g/mol. The van der Waals surface area contributed by atoms with Crippen LogP contribution in [-0.4, -0.2) is 46.5 Å². The number of aliphatic imine (C=N–C) groups is 1. The molecule has 3 heterocycles. The average molecular weight is 448 g/mol. The van der Waals surface area contributed by atoms with Crippen LogP contribution in [0.1, 0.15) is 48.6 Å². The summed E-state index contributed by atoms with van der Waals surface area (Å²) < 4.78 is 0. The van der Waals surface area contributed by atoms with Crippen molar-refractivity contribution in [2.75, 3.05) is 25.0 Å². The molecule has 7 heteroatoms. The lowest BCUT2D eigenvalue weighted by Crippen LogP contribution is -2.53. The molecule has 0 amide bonds. The molecule has 1 saturated heterocycles. The topological polar surface area (TPSA) is 72.8 Å². The Morgan fingerprint density at radius 2 is 1.91 bits per heavy atom. The van der Waals surface area contributed by atoms with Gasteiger partial charge in [-0.1, -0.05) is 56.3 Å². The van der Waals surface area contributed by atoms with Crippen LogP contribution >= 0.6 is 11.3 Å². The van der Waals surface area contributed by atoms with Crippen molar-refractivity contribution in [2.24, 2.45) is 4.99 Å². The van der Waals surface area contributed by atoms with Gasteiger partial charge in [0.25, 0.3) is 0 Å². The average Bonchev–Trinajstić information content (AvgIpc) is 3.16. The zero-order chi connectivity index (χ0) is 22.1. The number of hydrogen-bond acceptors (Lipinski definition) is 7. The Hall–Kier alpha value is -2.74. The van der Waals surface area contributed by atoms with Crippen LogP contribution in [-0.2, 0) is 0 Å². The lowest BCUT2D eigenvalue weighted by atomic mass is 10.0. The number of anilines is 2. The highest BCUT2D eigenvalue weighted by Gasteiger charge is 2.30.